The Labute approximate surface area is 110 Å². The Morgan fingerprint density at radius 2 is 1.53 bits per heavy atom. The second kappa shape index (κ2) is 6.37. The highest BCUT2D eigenvalue weighted by atomic mass is 16.5. The number of rotatable bonds is 4. The lowest BCUT2D eigenvalue weighted by atomic mass is 10.2. The molecule has 0 aromatic rings. The van der Waals surface area contributed by atoms with Crippen molar-refractivity contribution in [2.75, 3.05) is 26.2 Å². The molecular formula is C11H18N2O6. The first-order valence-electron chi connectivity index (χ1n) is 5.92. The highest BCUT2D eigenvalue weighted by Gasteiger charge is 2.30. The predicted molar refractivity (Wildman–Crippen MR) is 63.8 cm³/mol. The number of carboxylic acid groups (broad SMARTS) is 2. The van der Waals surface area contributed by atoms with Gasteiger partial charge in [0.25, 0.3) is 0 Å². The largest absolute Gasteiger partial charge is 0.480 e. The van der Waals surface area contributed by atoms with Gasteiger partial charge in [-0.15, -0.1) is 0 Å². The number of aliphatic carboxylic acids is 2. The van der Waals surface area contributed by atoms with E-state index in [1.807, 2.05) is 0 Å². The van der Waals surface area contributed by atoms with E-state index in [0.717, 1.165) is 4.90 Å². The predicted octanol–water partition coefficient (Wildman–Crippen LogP) is -0.313. The molecule has 2 atom stereocenters. The Hall–Kier alpha value is -1.83. The van der Waals surface area contributed by atoms with E-state index in [9.17, 15) is 14.4 Å². The lowest BCUT2D eigenvalue weighted by molar-refractivity contribution is -0.141. The van der Waals surface area contributed by atoms with Gasteiger partial charge in [-0.2, -0.15) is 0 Å². The van der Waals surface area contributed by atoms with E-state index >= 15 is 0 Å². The van der Waals surface area contributed by atoms with Crippen LogP contribution in [0.4, 0.5) is 4.79 Å². The van der Waals surface area contributed by atoms with Gasteiger partial charge in [0.15, 0.2) is 0 Å². The van der Waals surface area contributed by atoms with Crippen molar-refractivity contribution in [3.63, 3.8) is 0 Å². The van der Waals surface area contributed by atoms with Gasteiger partial charge in [0, 0.05) is 13.1 Å². The Morgan fingerprint density at radius 1 is 1.11 bits per heavy atom. The van der Waals surface area contributed by atoms with Gasteiger partial charge in [0.05, 0.1) is 12.2 Å². The molecule has 8 heteroatoms. The fourth-order valence-corrected chi connectivity index (χ4v) is 2.05. The number of nitrogens with zero attached hydrogens (tertiary/aromatic N) is 2. The van der Waals surface area contributed by atoms with E-state index in [1.54, 1.807) is 13.8 Å². The molecule has 0 radical (unpaired) electrons. The molecule has 1 saturated heterocycles. The summed E-state index contributed by atoms with van der Waals surface area (Å²) in [5.41, 5.74) is 0. The zero-order chi connectivity index (χ0) is 14.6. The first-order chi connectivity index (χ1) is 8.79. The van der Waals surface area contributed by atoms with E-state index in [-0.39, 0.29) is 12.2 Å². The minimum absolute atomic E-state index is 0.163. The molecule has 0 aromatic carbocycles. The van der Waals surface area contributed by atoms with Crippen LogP contribution in [-0.4, -0.2) is 76.4 Å². The summed E-state index contributed by atoms with van der Waals surface area (Å²) in [4.78, 5) is 35.7. The second-order valence-corrected chi connectivity index (χ2v) is 4.59. The Bertz CT molecular complexity index is 346. The SMILES string of the molecule is CC1CN(C(=O)N(CC(=O)O)CC(=O)O)CC(C)O1. The van der Waals surface area contributed by atoms with Gasteiger partial charge in [0.1, 0.15) is 13.1 Å². The van der Waals surface area contributed by atoms with Gasteiger partial charge in [0.2, 0.25) is 0 Å². The number of carbonyl (C=O) groups excluding carboxylic acids is 1. The highest BCUT2D eigenvalue weighted by molar-refractivity contribution is 5.84. The fourth-order valence-electron chi connectivity index (χ4n) is 2.05. The van der Waals surface area contributed by atoms with Crippen LogP contribution in [0.1, 0.15) is 13.8 Å². The summed E-state index contributed by atoms with van der Waals surface area (Å²) >= 11 is 0. The maximum Gasteiger partial charge on any atom is 0.323 e. The Kier molecular flexibility index (Phi) is 5.11. The summed E-state index contributed by atoms with van der Waals surface area (Å²) in [6.07, 6.45) is -0.326. The lowest BCUT2D eigenvalue weighted by Crippen LogP contribution is -2.54. The summed E-state index contributed by atoms with van der Waals surface area (Å²) in [6, 6.07) is -0.591. The minimum Gasteiger partial charge on any atom is -0.480 e. The zero-order valence-electron chi connectivity index (χ0n) is 10.9. The van der Waals surface area contributed by atoms with Crippen molar-refractivity contribution in [3.05, 3.63) is 0 Å². The van der Waals surface area contributed by atoms with Crippen LogP contribution in [0.3, 0.4) is 0 Å². The quantitative estimate of drug-likeness (QED) is 0.728. The summed E-state index contributed by atoms with van der Waals surface area (Å²) in [6.45, 7) is 2.97. The van der Waals surface area contributed by atoms with Crippen molar-refractivity contribution in [2.45, 2.75) is 26.1 Å². The number of hydrogen-bond donors (Lipinski definition) is 2. The molecule has 1 rings (SSSR count). The van der Waals surface area contributed by atoms with E-state index in [1.165, 1.54) is 4.90 Å². The average molecular weight is 274 g/mol. The van der Waals surface area contributed by atoms with Crippen LogP contribution in [0.2, 0.25) is 0 Å². The normalized spacial score (nSPS) is 22.9. The summed E-state index contributed by atoms with van der Waals surface area (Å²) in [7, 11) is 0. The molecule has 2 amide bonds. The van der Waals surface area contributed by atoms with Crippen molar-refractivity contribution in [1.82, 2.24) is 9.80 Å². The maximum absolute atomic E-state index is 12.1. The molecule has 1 heterocycles. The van der Waals surface area contributed by atoms with E-state index in [0.29, 0.717) is 13.1 Å². The molecule has 1 aliphatic heterocycles. The summed E-state index contributed by atoms with van der Waals surface area (Å²) < 4.78 is 5.46. The third-order valence-electron chi connectivity index (χ3n) is 2.61. The van der Waals surface area contributed by atoms with Crippen molar-refractivity contribution < 1.29 is 29.3 Å². The van der Waals surface area contributed by atoms with Gasteiger partial charge in [-0.25, -0.2) is 4.79 Å². The van der Waals surface area contributed by atoms with Gasteiger partial charge in [-0.1, -0.05) is 0 Å². The topological polar surface area (TPSA) is 107 Å². The monoisotopic (exact) mass is 274 g/mol. The van der Waals surface area contributed by atoms with Crippen molar-refractivity contribution in [3.8, 4) is 0 Å². The minimum atomic E-state index is -1.25. The molecular weight excluding hydrogens is 256 g/mol. The number of ether oxygens (including phenoxy) is 1. The highest BCUT2D eigenvalue weighted by Crippen LogP contribution is 2.12. The Balaban J connectivity index is 2.74. The molecule has 0 spiro atoms. The second-order valence-electron chi connectivity index (χ2n) is 4.59. The van der Waals surface area contributed by atoms with Crippen LogP contribution in [0.5, 0.6) is 0 Å². The molecule has 19 heavy (non-hydrogen) atoms. The van der Waals surface area contributed by atoms with Crippen molar-refractivity contribution in [2.24, 2.45) is 0 Å². The first kappa shape index (κ1) is 15.2. The average Bonchev–Trinajstić information content (AvgIpc) is 2.24. The summed E-state index contributed by atoms with van der Waals surface area (Å²) in [5.74, 6) is -2.49. The Morgan fingerprint density at radius 3 is 1.89 bits per heavy atom. The first-order valence-corrected chi connectivity index (χ1v) is 5.92. The number of hydrogen-bond acceptors (Lipinski definition) is 4. The molecule has 1 aliphatic rings. The molecule has 2 N–H and O–H groups in total. The van der Waals surface area contributed by atoms with Gasteiger partial charge in [-0.05, 0) is 13.8 Å². The van der Waals surface area contributed by atoms with Gasteiger partial charge >= 0.3 is 18.0 Å². The van der Waals surface area contributed by atoms with Crippen LogP contribution in [0.15, 0.2) is 0 Å². The standard InChI is InChI=1S/C11H18N2O6/c1-7-3-12(4-8(2)19-7)11(18)13(5-9(14)15)6-10(16)17/h7-8H,3-6H2,1-2H3,(H,14,15)(H,16,17). The maximum atomic E-state index is 12.1. The molecule has 1 fully saturated rings. The van der Waals surface area contributed by atoms with Gasteiger partial charge < -0.3 is 24.7 Å². The molecule has 0 aliphatic carbocycles. The zero-order valence-corrected chi connectivity index (χ0v) is 10.9. The van der Waals surface area contributed by atoms with E-state index < -0.39 is 31.1 Å². The van der Waals surface area contributed by atoms with Crippen LogP contribution >= 0.6 is 0 Å². The molecule has 0 bridgehead atoms. The summed E-state index contributed by atoms with van der Waals surface area (Å²) in [5, 5.41) is 17.4. The third-order valence-corrected chi connectivity index (χ3v) is 2.61. The van der Waals surface area contributed by atoms with Crippen LogP contribution < -0.4 is 0 Å². The lowest BCUT2D eigenvalue weighted by Gasteiger charge is -2.37. The number of carbonyl (C=O) groups is 3. The van der Waals surface area contributed by atoms with E-state index in [4.69, 9.17) is 14.9 Å². The van der Waals surface area contributed by atoms with Crippen LogP contribution in [-0.2, 0) is 14.3 Å². The van der Waals surface area contributed by atoms with Crippen molar-refractivity contribution >= 4 is 18.0 Å². The number of urea groups is 1. The van der Waals surface area contributed by atoms with Crippen molar-refractivity contribution in [1.29, 1.82) is 0 Å². The molecule has 2 unspecified atom stereocenters. The molecule has 8 nitrogen and oxygen atoms in total. The number of carboxylic acids is 2. The molecule has 0 aromatic heterocycles. The van der Waals surface area contributed by atoms with E-state index in [2.05, 4.69) is 0 Å². The fraction of sp³-hybridized carbons (Fsp3) is 0.727. The number of morpholine rings is 1. The molecule has 108 valence electrons. The number of amides is 2. The van der Waals surface area contributed by atoms with Crippen LogP contribution in [0.25, 0.3) is 0 Å². The van der Waals surface area contributed by atoms with Crippen LogP contribution in [0, 0.1) is 0 Å². The smallest absolute Gasteiger partial charge is 0.323 e. The molecule has 0 saturated carbocycles. The third kappa shape index (κ3) is 4.74. The van der Waals surface area contributed by atoms with Gasteiger partial charge in [-0.3, -0.25) is 9.59 Å².